The zero-order valence-corrected chi connectivity index (χ0v) is 14.1. The van der Waals surface area contributed by atoms with Crippen molar-refractivity contribution >= 4 is 12.1 Å². The molecule has 0 spiro atoms. The van der Waals surface area contributed by atoms with Crippen molar-refractivity contribution in [1.82, 2.24) is 0 Å². The fraction of sp³-hybridized carbons (Fsp3) is 0.300. The molecule has 1 atom stereocenters. The Morgan fingerprint density at radius 2 is 1.52 bits per heavy atom. The van der Waals surface area contributed by atoms with Crippen LogP contribution in [-0.4, -0.2) is 29.9 Å². The number of aliphatic carboxylic acids is 1. The van der Waals surface area contributed by atoms with Crippen molar-refractivity contribution in [1.29, 1.82) is 0 Å². The molecule has 1 aliphatic rings. The molecule has 0 unspecified atom stereocenters. The van der Waals surface area contributed by atoms with Crippen molar-refractivity contribution < 1.29 is 24.2 Å². The van der Waals surface area contributed by atoms with Crippen LogP contribution in [-0.2, 0) is 14.3 Å². The molecule has 0 bridgehead atoms. The van der Waals surface area contributed by atoms with Gasteiger partial charge in [0.15, 0.2) is 0 Å². The number of carboxylic acids is 1. The molecular formula is C20H20O5. The maximum atomic E-state index is 11.9. The lowest BCUT2D eigenvalue weighted by Crippen LogP contribution is -2.32. The summed E-state index contributed by atoms with van der Waals surface area (Å²) < 4.78 is 10.2. The monoisotopic (exact) mass is 340 g/mol. The summed E-state index contributed by atoms with van der Waals surface area (Å²) in [5.74, 6) is -1.59. The van der Waals surface area contributed by atoms with Gasteiger partial charge in [-0.2, -0.15) is 0 Å². The summed E-state index contributed by atoms with van der Waals surface area (Å²) in [6.45, 7) is 3.46. The SMILES string of the molecule is CC(C)[C@H](OC(=O)OCC1c2ccccc2-c2ccccc21)C(=O)O. The minimum Gasteiger partial charge on any atom is -0.478 e. The van der Waals surface area contributed by atoms with E-state index >= 15 is 0 Å². The molecule has 25 heavy (non-hydrogen) atoms. The molecule has 1 aliphatic carbocycles. The van der Waals surface area contributed by atoms with Crippen LogP contribution in [0.2, 0.25) is 0 Å². The molecular weight excluding hydrogens is 320 g/mol. The van der Waals surface area contributed by atoms with Crippen LogP contribution in [0, 0.1) is 5.92 Å². The predicted octanol–water partition coefficient (Wildman–Crippen LogP) is 4.06. The molecule has 2 aromatic rings. The van der Waals surface area contributed by atoms with Crippen LogP contribution in [0.15, 0.2) is 48.5 Å². The van der Waals surface area contributed by atoms with Crippen LogP contribution < -0.4 is 0 Å². The summed E-state index contributed by atoms with van der Waals surface area (Å²) >= 11 is 0. The Morgan fingerprint density at radius 3 is 2.00 bits per heavy atom. The van der Waals surface area contributed by atoms with Crippen LogP contribution in [0.5, 0.6) is 0 Å². The highest BCUT2D eigenvalue weighted by Crippen LogP contribution is 2.44. The Kier molecular flexibility index (Phi) is 4.74. The summed E-state index contributed by atoms with van der Waals surface area (Å²) in [5, 5.41) is 9.10. The van der Waals surface area contributed by atoms with E-state index in [4.69, 9.17) is 14.6 Å². The molecule has 0 fully saturated rings. The summed E-state index contributed by atoms with van der Waals surface area (Å²) in [5.41, 5.74) is 4.45. The first-order valence-electron chi connectivity index (χ1n) is 8.23. The van der Waals surface area contributed by atoms with Crippen LogP contribution in [0.1, 0.15) is 30.9 Å². The number of rotatable bonds is 5. The van der Waals surface area contributed by atoms with Crippen LogP contribution in [0.3, 0.4) is 0 Å². The number of carbonyl (C=O) groups is 2. The van der Waals surface area contributed by atoms with Crippen molar-refractivity contribution in [2.24, 2.45) is 5.92 Å². The summed E-state index contributed by atoms with van der Waals surface area (Å²) in [4.78, 5) is 23.1. The van der Waals surface area contributed by atoms with Crippen LogP contribution >= 0.6 is 0 Å². The van der Waals surface area contributed by atoms with Gasteiger partial charge in [-0.1, -0.05) is 62.4 Å². The third kappa shape index (κ3) is 3.36. The first kappa shape index (κ1) is 17.0. The van der Waals surface area contributed by atoms with E-state index in [1.54, 1.807) is 13.8 Å². The van der Waals surface area contributed by atoms with Crippen molar-refractivity contribution in [3.63, 3.8) is 0 Å². The Bertz CT molecular complexity index is 751. The summed E-state index contributed by atoms with van der Waals surface area (Å²) in [7, 11) is 0. The highest BCUT2D eigenvalue weighted by molar-refractivity contribution is 5.79. The molecule has 5 nitrogen and oxygen atoms in total. The zero-order valence-electron chi connectivity index (χ0n) is 14.1. The Hall–Kier alpha value is -2.82. The normalized spacial score (nSPS) is 13.9. The quantitative estimate of drug-likeness (QED) is 0.831. The minimum absolute atomic E-state index is 0.0812. The summed E-state index contributed by atoms with van der Waals surface area (Å²) in [6.07, 6.45) is -2.17. The van der Waals surface area contributed by atoms with E-state index in [1.165, 1.54) is 0 Å². The number of carboxylic acid groups (broad SMARTS) is 1. The van der Waals surface area contributed by atoms with Crippen LogP contribution in [0.25, 0.3) is 11.1 Å². The van der Waals surface area contributed by atoms with E-state index in [1.807, 2.05) is 48.5 Å². The molecule has 0 radical (unpaired) electrons. The maximum absolute atomic E-state index is 11.9. The van der Waals surface area contributed by atoms with Gasteiger partial charge in [0, 0.05) is 11.8 Å². The molecule has 1 N–H and O–H groups in total. The Balaban J connectivity index is 1.73. The standard InChI is InChI=1S/C20H20O5/c1-12(2)18(19(21)22)25-20(23)24-11-17-15-9-5-3-7-13(15)14-8-4-6-10-16(14)17/h3-10,12,17-18H,11H2,1-2H3,(H,21,22)/t18-/m0/s1. The lowest BCUT2D eigenvalue weighted by Gasteiger charge is -2.18. The molecule has 0 amide bonds. The van der Waals surface area contributed by atoms with E-state index in [9.17, 15) is 9.59 Å². The molecule has 2 aromatic carbocycles. The average molecular weight is 340 g/mol. The molecule has 3 rings (SSSR count). The molecule has 0 aliphatic heterocycles. The highest BCUT2D eigenvalue weighted by atomic mass is 16.7. The fourth-order valence-corrected chi connectivity index (χ4v) is 3.20. The van der Waals surface area contributed by atoms with Gasteiger partial charge in [0.1, 0.15) is 6.61 Å². The Morgan fingerprint density at radius 1 is 1.00 bits per heavy atom. The van der Waals surface area contributed by atoms with Gasteiger partial charge in [-0.25, -0.2) is 9.59 Å². The molecule has 0 saturated carbocycles. The molecule has 0 heterocycles. The van der Waals surface area contributed by atoms with Gasteiger partial charge in [-0.05, 0) is 22.3 Å². The lowest BCUT2D eigenvalue weighted by molar-refractivity contribution is -0.150. The lowest BCUT2D eigenvalue weighted by atomic mass is 9.98. The third-order valence-electron chi connectivity index (χ3n) is 4.40. The second kappa shape index (κ2) is 6.97. The van der Waals surface area contributed by atoms with E-state index in [0.717, 1.165) is 22.3 Å². The smallest absolute Gasteiger partial charge is 0.478 e. The number of carbonyl (C=O) groups excluding carboxylic acids is 1. The number of ether oxygens (including phenoxy) is 2. The molecule has 0 aromatic heterocycles. The molecule has 5 heteroatoms. The largest absolute Gasteiger partial charge is 0.509 e. The van der Waals surface area contributed by atoms with Crippen molar-refractivity contribution in [2.45, 2.75) is 25.9 Å². The van der Waals surface area contributed by atoms with Gasteiger partial charge < -0.3 is 14.6 Å². The van der Waals surface area contributed by atoms with Gasteiger partial charge in [-0.15, -0.1) is 0 Å². The van der Waals surface area contributed by atoms with E-state index < -0.39 is 18.2 Å². The minimum atomic E-state index is -1.21. The highest BCUT2D eigenvalue weighted by Gasteiger charge is 2.31. The zero-order chi connectivity index (χ0) is 18.0. The first-order chi connectivity index (χ1) is 12.0. The number of hydrogen-bond acceptors (Lipinski definition) is 4. The van der Waals surface area contributed by atoms with E-state index in [2.05, 4.69) is 0 Å². The fourth-order valence-electron chi connectivity index (χ4n) is 3.20. The van der Waals surface area contributed by atoms with E-state index in [0.29, 0.717) is 0 Å². The van der Waals surface area contributed by atoms with Crippen molar-refractivity contribution in [3.05, 3.63) is 59.7 Å². The number of benzene rings is 2. The molecule has 130 valence electrons. The average Bonchev–Trinajstić information content (AvgIpc) is 2.91. The van der Waals surface area contributed by atoms with Gasteiger partial charge in [0.05, 0.1) is 0 Å². The van der Waals surface area contributed by atoms with Crippen LogP contribution in [0.4, 0.5) is 4.79 Å². The van der Waals surface area contributed by atoms with E-state index in [-0.39, 0.29) is 18.4 Å². The van der Waals surface area contributed by atoms with Crippen molar-refractivity contribution in [2.75, 3.05) is 6.61 Å². The summed E-state index contributed by atoms with van der Waals surface area (Å²) in [6, 6.07) is 16.0. The van der Waals surface area contributed by atoms with Crippen molar-refractivity contribution in [3.8, 4) is 11.1 Å². The van der Waals surface area contributed by atoms with Gasteiger partial charge in [-0.3, -0.25) is 0 Å². The number of hydrogen-bond donors (Lipinski definition) is 1. The second-order valence-corrected chi connectivity index (χ2v) is 6.41. The molecule has 0 saturated heterocycles. The third-order valence-corrected chi connectivity index (χ3v) is 4.40. The predicted molar refractivity (Wildman–Crippen MR) is 92.4 cm³/mol. The van der Waals surface area contributed by atoms with Gasteiger partial charge in [0.25, 0.3) is 0 Å². The first-order valence-corrected chi connectivity index (χ1v) is 8.23. The Labute approximate surface area is 146 Å². The topological polar surface area (TPSA) is 72.8 Å². The maximum Gasteiger partial charge on any atom is 0.509 e. The van der Waals surface area contributed by atoms with Gasteiger partial charge >= 0.3 is 12.1 Å². The second-order valence-electron chi connectivity index (χ2n) is 6.41. The number of fused-ring (bicyclic) bond motifs is 3. The van der Waals surface area contributed by atoms with Gasteiger partial charge in [0.2, 0.25) is 6.10 Å².